The van der Waals surface area contributed by atoms with Gasteiger partial charge in [0.1, 0.15) is 5.82 Å². The standard InChI is InChI=1S/C9H11FINO/c1-5(13)9(12)7-4-6(10)2-3-8(7)11/h2-5,9,13H,12H2,1H3/t5?,9-/m1/s1. The lowest BCUT2D eigenvalue weighted by molar-refractivity contribution is 0.164. The first-order valence-electron chi connectivity index (χ1n) is 3.91. The summed E-state index contributed by atoms with van der Waals surface area (Å²) in [4.78, 5) is 0. The predicted molar refractivity (Wildman–Crippen MR) is 57.7 cm³/mol. The van der Waals surface area contributed by atoms with Crippen molar-refractivity contribution < 1.29 is 9.50 Å². The van der Waals surface area contributed by atoms with Crippen LogP contribution in [0.1, 0.15) is 18.5 Å². The minimum absolute atomic E-state index is 0.327. The van der Waals surface area contributed by atoms with Gasteiger partial charge in [0.05, 0.1) is 12.1 Å². The highest BCUT2D eigenvalue weighted by molar-refractivity contribution is 14.1. The van der Waals surface area contributed by atoms with Crippen molar-refractivity contribution >= 4 is 22.6 Å². The first kappa shape index (κ1) is 10.9. The number of hydrogen-bond acceptors (Lipinski definition) is 2. The Bertz CT molecular complexity index is 304. The molecular formula is C9H11FINO. The SMILES string of the molecule is CC(O)[C@@H](N)c1cc(F)ccc1I. The van der Waals surface area contributed by atoms with Gasteiger partial charge >= 0.3 is 0 Å². The number of rotatable bonds is 2. The first-order chi connectivity index (χ1) is 6.02. The highest BCUT2D eigenvalue weighted by Gasteiger charge is 2.15. The minimum atomic E-state index is -0.671. The largest absolute Gasteiger partial charge is 0.391 e. The molecule has 0 aromatic heterocycles. The molecule has 0 saturated carbocycles. The Labute approximate surface area is 90.1 Å². The second kappa shape index (κ2) is 4.34. The fourth-order valence-electron chi connectivity index (χ4n) is 1.03. The lowest BCUT2D eigenvalue weighted by atomic mass is 10.0. The van der Waals surface area contributed by atoms with E-state index in [4.69, 9.17) is 5.73 Å². The lowest BCUT2D eigenvalue weighted by Crippen LogP contribution is -2.24. The van der Waals surface area contributed by atoms with Crippen LogP contribution >= 0.6 is 22.6 Å². The zero-order chi connectivity index (χ0) is 10.0. The van der Waals surface area contributed by atoms with E-state index in [-0.39, 0.29) is 5.82 Å². The molecule has 0 amide bonds. The van der Waals surface area contributed by atoms with Gasteiger partial charge in [0, 0.05) is 3.57 Å². The van der Waals surface area contributed by atoms with Crippen LogP contribution in [0.2, 0.25) is 0 Å². The van der Waals surface area contributed by atoms with Crippen molar-refractivity contribution in [1.82, 2.24) is 0 Å². The molecule has 1 unspecified atom stereocenters. The number of nitrogens with two attached hydrogens (primary N) is 1. The van der Waals surface area contributed by atoms with Crippen LogP contribution in [0.4, 0.5) is 4.39 Å². The van der Waals surface area contributed by atoms with Crippen molar-refractivity contribution in [2.24, 2.45) is 5.73 Å². The molecule has 0 spiro atoms. The topological polar surface area (TPSA) is 46.2 Å². The van der Waals surface area contributed by atoms with Crippen LogP contribution in [0, 0.1) is 9.39 Å². The number of hydrogen-bond donors (Lipinski definition) is 2. The molecule has 0 saturated heterocycles. The molecule has 0 bridgehead atoms. The fourth-order valence-corrected chi connectivity index (χ4v) is 1.72. The van der Waals surface area contributed by atoms with Crippen LogP contribution in [-0.4, -0.2) is 11.2 Å². The Morgan fingerprint density at radius 3 is 2.69 bits per heavy atom. The summed E-state index contributed by atoms with van der Waals surface area (Å²) in [6.45, 7) is 1.59. The second-order valence-corrected chi connectivity index (χ2v) is 4.09. The molecule has 2 nitrogen and oxygen atoms in total. The van der Waals surface area contributed by atoms with Crippen molar-refractivity contribution in [3.8, 4) is 0 Å². The lowest BCUT2D eigenvalue weighted by Gasteiger charge is -2.16. The molecule has 0 radical (unpaired) electrons. The maximum absolute atomic E-state index is 12.8. The Hall–Kier alpha value is -0.200. The van der Waals surface area contributed by atoms with E-state index in [2.05, 4.69) is 22.6 Å². The van der Waals surface area contributed by atoms with E-state index >= 15 is 0 Å². The molecule has 4 heteroatoms. The van der Waals surface area contributed by atoms with Gasteiger partial charge in [0.2, 0.25) is 0 Å². The van der Waals surface area contributed by atoms with Crippen LogP contribution in [0.5, 0.6) is 0 Å². The minimum Gasteiger partial charge on any atom is -0.391 e. The molecular weight excluding hydrogens is 284 g/mol. The van der Waals surface area contributed by atoms with E-state index in [9.17, 15) is 9.50 Å². The number of halogens is 2. The van der Waals surface area contributed by atoms with Crippen LogP contribution in [0.25, 0.3) is 0 Å². The Morgan fingerprint density at radius 1 is 1.54 bits per heavy atom. The summed E-state index contributed by atoms with van der Waals surface area (Å²) in [6.07, 6.45) is -0.671. The van der Waals surface area contributed by atoms with E-state index in [1.807, 2.05) is 0 Å². The van der Waals surface area contributed by atoms with Crippen LogP contribution in [-0.2, 0) is 0 Å². The summed E-state index contributed by atoms with van der Waals surface area (Å²) >= 11 is 2.07. The molecule has 0 aliphatic carbocycles. The van der Waals surface area contributed by atoms with Crippen molar-refractivity contribution in [2.75, 3.05) is 0 Å². The van der Waals surface area contributed by atoms with Gasteiger partial charge in [-0.2, -0.15) is 0 Å². The zero-order valence-corrected chi connectivity index (χ0v) is 9.32. The summed E-state index contributed by atoms with van der Waals surface area (Å²) < 4.78 is 13.7. The average Bonchev–Trinajstić information content (AvgIpc) is 2.08. The van der Waals surface area contributed by atoms with Gasteiger partial charge in [-0.25, -0.2) is 4.39 Å². The third-order valence-corrected chi connectivity index (χ3v) is 2.82. The normalized spacial score (nSPS) is 15.5. The molecule has 2 atom stereocenters. The highest BCUT2D eigenvalue weighted by Crippen LogP contribution is 2.21. The van der Waals surface area contributed by atoms with E-state index in [0.717, 1.165) is 3.57 Å². The molecule has 1 aromatic rings. The monoisotopic (exact) mass is 295 g/mol. The molecule has 3 N–H and O–H groups in total. The molecule has 0 aliphatic rings. The van der Waals surface area contributed by atoms with Crippen molar-refractivity contribution in [3.05, 3.63) is 33.1 Å². The molecule has 0 heterocycles. The molecule has 1 aromatic carbocycles. The van der Waals surface area contributed by atoms with Gasteiger partial charge in [-0.3, -0.25) is 0 Å². The van der Waals surface area contributed by atoms with Gasteiger partial charge in [0.25, 0.3) is 0 Å². The first-order valence-corrected chi connectivity index (χ1v) is 4.99. The van der Waals surface area contributed by atoms with E-state index in [1.54, 1.807) is 13.0 Å². The Morgan fingerprint density at radius 2 is 2.15 bits per heavy atom. The smallest absolute Gasteiger partial charge is 0.123 e. The quantitative estimate of drug-likeness (QED) is 0.817. The predicted octanol–water partition coefficient (Wildman–Crippen LogP) is 1.81. The van der Waals surface area contributed by atoms with E-state index in [0.29, 0.717) is 5.56 Å². The molecule has 72 valence electrons. The number of benzene rings is 1. The van der Waals surface area contributed by atoms with Crippen LogP contribution < -0.4 is 5.73 Å². The summed E-state index contributed by atoms with van der Waals surface area (Å²) in [5, 5.41) is 9.24. The van der Waals surface area contributed by atoms with Gasteiger partial charge < -0.3 is 10.8 Å². The van der Waals surface area contributed by atoms with Crippen molar-refractivity contribution in [3.63, 3.8) is 0 Å². The molecule has 0 fully saturated rings. The summed E-state index contributed by atoms with van der Waals surface area (Å²) in [5.41, 5.74) is 6.33. The average molecular weight is 295 g/mol. The fraction of sp³-hybridized carbons (Fsp3) is 0.333. The Balaban J connectivity index is 3.05. The van der Waals surface area contributed by atoms with Gasteiger partial charge in [-0.1, -0.05) is 0 Å². The highest BCUT2D eigenvalue weighted by atomic mass is 127. The summed E-state index contributed by atoms with van der Waals surface area (Å²) in [7, 11) is 0. The maximum Gasteiger partial charge on any atom is 0.123 e. The van der Waals surface area contributed by atoms with Crippen LogP contribution in [0.3, 0.4) is 0 Å². The van der Waals surface area contributed by atoms with Gasteiger partial charge in [-0.15, -0.1) is 0 Å². The molecule has 1 rings (SSSR count). The van der Waals surface area contributed by atoms with Crippen molar-refractivity contribution in [1.29, 1.82) is 0 Å². The zero-order valence-electron chi connectivity index (χ0n) is 7.17. The van der Waals surface area contributed by atoms with Crippen LogP contribution in [0.15, 0.2) is 18.2 Å². The van der Waals surface area contributed by atoms with E-state index in [1.165, 1.54) is 12.1 Å². The molecule has 0 aliphatic heterocycles. The van der Waals surface area contributed by atoms with E-state index < -0.39 is 12.1 Å². The third kappa shape index (κ3) is 2.62. The maximum atomic E-state index is 12.8. The number of aliphatic hydroxyl groups excluding tert-OH is 1. The summed E-state index contributed by atoms with van der Waals surface area (Å²) in [5.74, 6) is -0.327. The Kier molecular flexibility index (Phi) is 3.63. The van der Waals surface area contributed by atoms with Crippen molar-refractivity contribution in [2.45, 2.75) is 19.1 Å². The second-order valence-electron chi connectivity index (χ2n) is 2.93. The third-order valence-electron chi connectivity index (χ3n) is 1.84. The van der Waals surface area contributed by atoms with Gasteiger partial charge in [0.15, 0.2) is 0 Å². The van der Waals surface area contributed by atoms with Gasteiger partial charge in [-0.05, 0) is 53.3 Å². The summed E-state index contributed by atoms with van der Waals surface area (Å²) in [6, 6.07) is 3.86. The number of aliphatic hydroxyl groups is 1. The molecule has 13 heavy (non-hydrogen) atoms.